The summed E-state index contributed by atoms with van der Waals surface area (Å²) in [5.41, 5.74) is 0.419. The number of aromatic nitrogens is 2. The van der Waals surface area contributed by atoms with Crippen LogP contribution in [-0.2, 0) is 6.18 Å². The summed E-state index contributed by atoms with van der Waals surface area (Å²) in [5, 5.41) is 0. The minimum absolute atomic E-state index is 0.432. The molecular weight excluding hydrogens is 317 g/mol. The molecule has 2 aromatic rings. The van der Waals surface area contributed by atoms with E-state index in [1.807, 2.05) is 0 Å². The highest BCUT2D eigenvalue weighted by Gasteiger charge is 2.29. The summed E-state index contributed by atoms with van der Waals surface area (Å²) in [6.45, 7) is 2.77. The third-order valence-electron chi connectivity index (χ3n) is 3.63. The zero-order valence-electron chi connectivity index (χ0n) is 13.6. The van der Waals surface area contributed by atoms with Gasteiger partial charge in [0.25, 0.3) is 0 Å². The first kappa shape index (κ1) is 18.2. The van der Waals surface area contributed by atoms with Gasteiger partial charge < -0.3 is 4.74 Å². The van der Waals surface area contributed by atoms with Gasteiger partial charge in [0, 0.05) is 5.56 Å². The van der Waals surface area contributed by atoms with E-state index in [9.17, 15) is 13.2 Å². The molecule has 24 heavy (non-hydrogen) atoms. The predicted molar refractivity (Wildman–Crippen MR) is 86.7 cm³/mol. The fourth-order valence-electron chi connectivity index (χ4n) is 2.25. The Bertz CT molecular complexity index is 610. The van der Waals surface area contributed by atoms with Crippen molar-refractivity contribution in [3.8, 4) is 17.1 Å². The van der Waals surface area contributed by atoms with Gasteiger partial charge in [-0.2, -0.15) is 13.2 Å². The summed E-state index contributed by atoms with van der Waals surface area (Å²) in [4.78, 5) is 8.35. The van der Waals surface area contributed by atoms with Crippen molar-refractivity contribution >= 4 is 0 Å². The molecule has 0 aliphatic heterocycles. The molecule has 3 nitrogen and oxygen atoms in total. The lowest BCUT2D eigenvalue weighted by atomic mass is 10.1. The van der Waals surface area contributed by atoms with Crippen LogP contribution in [0.5, 0.6) is 5.88 Å². The molecule has 2 rings (SSSR count). The van der Waals surface area contributed by atoms with E-state index in [-0.39, 0.29) is 0 Å². The van der Waals surface area contributed by atoms with Crippen LogP contribution >= 0.6 is 0 Å². The van der Waals surface area contributed by atoms with Gasteiger partial charge >= 0.3 is 6.18 Å². The maximum Gasteiger partial charge on any atom is 0.416 e. The molecule has 130 valence electrons. The Morgan fingerprint density at radius 1 is 0.917 bits per heavy atom. The van der Waals surface area contributed by atoms with Gasteiger partial charge in [0.2, 0.25) is 5.88 Å². The first-order chi connectivity index (χ1) is 11.5. The third-order valence-corrected chi connectivity index (χ3v) is 3.63. The largest absolute Gasteiger partial charge is 0.477 e. The van der Waals surface area contributed by atoms with Crippen LogP contribution in [0.15, 0.2) is 36.7 Å². The third kappa shape index (κ3) is 5.51. The van der Waals surface area contributed by atoms with Gasteiger partial charge in [0.15, 0.2) is 0 Å². The van der Waals surface area contributed by atoms with Crippen LogP contribution in [0.3, 0.4) is 0 Å². The van der Waals surface area contributed by atoms with Gasteiger partial charge in [0.05, 0.1) is 30.3 Å². The molecule has 0 saturated heterocycles. The van der Waals surface area contributed by atoms with E-state index in [4.69, 9.17) is 4.74 Å². The first-order valence-electron chi connectivity index (χ1n) is 8.13. The van der Waals surface area contributed by atoms with Gasteiger partial charge in [-0.05, 0) is 18.6 Å². The van der Waals surface area contributed by atoms with E-state index in [1.54, 1.807) is 0 Å². The Morgan fingerprint density at radius 3 is 2.21 bits per heavy atom. The Hall–Kier alpha value is -2.11. The van der Waals surface area contributed by atoms with E-state index < -0.39 is 11.7 Å². The molecule has 0 saturated carbocycles. The van der Waals surface area contributed by atoms with E-state index in [2.05, 4.69) is 16.9 Å². The number of ether oxygens (including phenoxy) is 1. The van der Waals surface area contributed by atoms with E-state index >= 15 is 0 Å². The Kier molecular flexibility index (Phi) is 6.58. The lowest BCUT2D eigenvalue weighted by molar-refractivity contribution is -0.137. The number of alkyl halides is 3. The van der Waals surface area contributed by atoms with Crippen molar-refractivity contribution in [3.05, 3.63) is 42.2 Å². The molecule has 6 heteroatoms. The van der Waals surface area contributed by atoms with Gasteiger partial charge in [0.1, 0.15) is 0 Å². The second-order valence-corrected chi connectivity index (χ2v) is 5.58. The van der Waals surface area contributed by atoms with Crippen molar-refractivity contribution in [2.45, 2.75) is 45.2 Å². The minimum atomic E-state index is -4.33. The smallest absolute Gasteiger partial charge is 0.416 e. The monoisotopic (exact) mass is 338 g/mol. The number of hydrogen-bond acceptors (Lipinski definition) is 3. The van der Waals surface area contributed by atoms with Gasteiger partial charge in [-0.15, -0.1) is 0 Å². The number of rotatable bonds is 8. The Labute approximate surface area is 139 Å². The predicted octanol–water partition coefficient (Wildman–Crippen LogP) is 5.51. The summed E-state index contributed by atoms with van der Waals surface area (Å²) < 4.78 is 43.2. The molecule has 1 heterocycles. The van der Waals surface area contributed by atoms with Crippen molar-refractivity contribution in [2.75, 3.05) is 6.61 Å². The van der Waals surface area contributed by atoms with E-state index in [0.717, 1.165) is 25.0 Å². The molecule has 1 aromatic heterocycles. The maximum absolute atomic E-state index is 12.5. The molecule has 0 unspecified atom stereocenters. The van der Waals surface area contributed by atoms with Crippen LogP contribution in [0.25, 0.3) is 11.3 Å². The van der Waals surface area contributed by atoms with Crippen LogP contribution in [0.4, 0.5) is 13.2 Å². The maximum atomic E-state index is 12.5. The fraction of sp³-hybridized carbons (Fsp3) is 0.444. The number of halogens is 3. The topological polar surface area (TPSA) is 35.0 Å². The lowest BCUT2D eigenvalue weighted by Gasteiger charge is -2.08. The van der Waals surface area contributed by atoms with Crippen molar-refractivity contribution in [1.29, 1.82) is 0 Å². The number of hydrogen-bond donors (Lipinski definition) is 0. The van der Waals surface area contributed by atoms with Gasteiger partial charge in [-0.1, -0.05) is 44.7 Å². The van der Waals surface area contributed by atoms with Crippen LogP contribution in [0.1, 0.15) is 44.6 Å². The Balaban J connectivity index is 1.87. The summed E-state index contributed by atoms with van der Waals surface area (Å²) in [6.07, 6.45) is 4.43. The normalized spacial score (nSPS) is 11.5. The van der Waals surface area contributed by atoms with Crippen molar-refractivity contribution < 1.29 is 17.9 Å². The van der Waals surface area contributed by atoms with Crippen LogP contribution in [0.2, 0.25) is 0 Å². The molecule has 0 radical (unpaired) electrons. The van der Waals surface area contributed by atoms with Gasteiger partial charge in [-0.3, -0.25) is 0 Å². The average molecular weight is 338 g/mol. The molecule has 0 N–H and O–H groups in total. The zero-order valence-corrected chi connectivity index (χ0v) is 13.6. The van der Waals surface area contributed by atoms with E-state index in [1.165, 1.54) is 43.8 Å². The van der Waals surface area contributed by atoms with Crippen molar-refractivity contribution in [3.63, 3.8) is 0 Å². The summed E-state index contributed by atoms with van der Waals surface area (Å²) in [7, 11) is 0. The highest BCUT2D eigenvalue weighted by Crippen LogP contribution is 2.30. The molecule has 0 aliphatic carbocycles. The zero-order chi connectivity index (χ0) is 17.4. The number of unbranched alkanes of at least 4 members (excludes halogenated alkanes) is 4. The average Bonchev–Trinajstić information content (AvgIpc) is 2.58. The molecule has 0 aliphatic rings. The molecule has 0 spiro atoms. The summed E-state index contributed by atoms with van der Waals surface area (Å²) in [5.74, 6) is 0.432. The summed E-state index contributed by atoms with van der Waals surface area (Å²) in [6, 6.07) is 4.86. The molecule has 0 amide bonds. The molecule has 0 bridgehead atoms. The fourth-order valence-corrected chi connectivity index (χ4v) is 2.25. The minimum Gasteiger partial charge on any atom is -0.477 e. The first-order valence-corrected chi connectivity index (χ1v) is 8.13. The number of nitrogens with zero attached hydrogens (tertiary/aromatic N) is 2. The highest BCUT2D eigenvalue weighted by atomic mass is 19.4. The molecule has 0 atom stereocenters. The Morgan fingerprint density at radius 2 is 1.62 bits per heavy atom. The summed E-state index contributed by atoms with van der Waals surface area (Å²) >= 11 is 0. The number of benzene rings is 1. The van der Waals surface area contributed by atoms with Crippen LogP contribution < -0.4 is 4.74 Å². The molecular formula is C18H21F3N2O. The standard InChI is InChI=1S/C18H21F3N2O/c1-2-3-4-5-6-11-24-17-13-22-16(12-23-17)14-7-9-15(10-8-14)18(19,20)21/h7-10,12-13H,2-6,11H2,1H3. The highest BCUT2D eigenvalue weighted by molar-refractivity contribution is 5.58. The second-order valence-electron chi connectivity index (χ2n) is 5.58. The second kappa shape index (κ2) is 8.66. The molecule has 0 fully saturated rings. The molecule has 1 aromatic carbocycles. The van der Waals surface area contributed by atoms with Crippen LogP contribution in [-0.4, -0.2) is 16.6 Å². The quantitative estimate of drug-likeness (QED) is 0.595. The van der Waals surface area contributed by atoms with Crippen molar-refractivity contribution in [2.24, 2.45) is 0 Å². The van der Waals surface area contributed by atoms with Gasteiger partial charge in [-0.25, -0.2) is 9.97 Å². The van der Waals surface area contributed by atoms with Crippen LogP contribution in [0, 0.1) is 0 Å². The lowest BCUT2D eigenvalue weighted by Crippen LogP contribution is -2.04. The van der Waals surface area contributed by atoms with Crippen molar-refractivity contribution in [1.82, 2.24) is 9.97 Å². The van der Waals surface area contributed by atoms with E-state index in [0.29, 0.717) is 23.7 Å². The SMILES string of the molecule is CCCCCCCOc1cnc(-c2ccc(C(F)(F)F)cc2)cn1.